The molecule has 0 aliphatic carbocycles. The van der Waals surface area contributed by atoms with E-state index in [-0.39, 0.29) is 18.4 Å². The molecule has 6 heteroatoms. The summed E-state index contributed by atoms with van der Waals surface area (Å²) in [5.74, 6) is 2.55. The van der Waals surface area contributed by atoms with E-state index < -0.39 is 0 Å². The minimum absolute atomic E-state index is 0.0776. The molecular formula is C30H35N3O3. The van der Waals surface area contributed by atoms with Crippen molar-refractivity contribution in [2.24, 2.45) is 0 Å². The van der Waals surface area contributed by atoms with Crippen LogP contribution in [0.15, 0.2) is 66.7 Å². The summed E-state index contributed by atoms with van der Waals surface area (Å²) in [6.45, 7) is 7.13. The minimum atomic E-state index is -0.260. The molecule has 0 aliphatic rings. The van der Waals surface area contributed by atoms with E-state index in [0.29, 0.717) is 24.0 Å². The molecule has 0 radical (unpaired) electrons. The predicted molar refractivity (Wildman–Crippen MR) is 144 cm³/mol. The number of benzene rings is 3. The van der Waals surface area contributed by atoms with Crippen LogP contribution in [0.5, 0.6) is 11.5 Å². The number of amides is 1. The number of rotatable bonds is 10. The smallest absolute Gasteiger partial charge is 0.224 e. The molecule has 1 N–H and O–H groups in total. The van der Waals surface area contributed by atoms with Gasteiger partial charge in [0.15, 0.2) is 11.5 Å². The van der Waals surface area contributed by atoms with Crippen molar-refractivity contribution in [1.29, 1.82) is 0 Å². The Bertz CT molecular complexity index is 1330. The maximum atomic E-state index is 12.9. The molecule has 0 fully saturated rings. The van der Waals surface area contributed by atoms with Crippen LogP contribution in [-0.4, -0.2) is 29.7 Å². The quantitative estimate of drug-likeness (QED) is 0.298. The molecule has 0 aliphatic heterocycles. The fourth-order valence-corrected chi connectivity index (χ4v) is 4.49. The normalized spacial score (nSPS) is 12.8. The number of nitrogens with one attached hydrogen (secondary N) is 1. The van der Waals surface area contributed by atoms with E-state index in [1.807, 2.05) is 43.3 Å². The molecule has 0 spiro atoms. The zero-order valence-electron chi connectivity index (χ0n) is 21.7. The Kier molecular flexibility index (Phi) is 7.93. The van der Waals surface area contributed by atoms with Crippen molar-refractivity contribution in [1.82, 2.24) is 14.9 Å². The molecule has 4 rings (SSSR count). The van der Waals surface area contributed by atoms with E-state index in [1.54, 1.807) is 14.2 Å². The van der Waals surface area contributed by atoms with Gasteiger partial charge in [0.1, 0.15) is 5.82 Å². The van der Waals surface area contributed by atoms with Gasteiger partial charge in [-0.1, -0.05) is 56.3 Å². The van der Waals surface area contributed by atoms with E-state index in [1.165, 1.54) is 11.1 Å². The second-order valence-corrected chi connectivity index (χ2v) is 9.25. The van der Waals surface area contributed by atoms with Gasteiger partial charge in [0, 0.05) is 6.54 Å². The highest BCUT2D eigenvalue weighted by atomic mass is 16.5. The number of para-hydroxylation sites is 2. The third kappa shape index (κ3) is 5.54. The van der Waals surface area contributed by atoms with E-state index in [9.17, 15) is 4.79 Å². The maximum absolute atomic E-state index is 12.9. The van der Waals surface area contributed by atoms with Crippen LogP contribution in [0.2, 0.25) is 0 Å². The molecule has 1 heterocycles. The summed E-state index contributed by atoms with van der Waals surface area (Å²) in [4.78, 5) is 17.8. The first kappa shape index (κ1) is 25.3. The predicted octanol–water partition coefficient (Wildman–Crippen LogP) is 6.04. The Morgan fingerprint density at radius 1 is 0.944 bits per heavy atom. The first-order chi connectivity index (χ1) is 17.4. The van der Waals surface area contributed by atoms with Crippen molar-refractivity contribution in [2.45, 2.75) is 52.1 Å². The van der Waals surface area contributed by atoms with Crippen molar-refractivity contribution in [3.05, 3.63) is 89.2 Å². The third-order valence-corrected chi connectivity index (χ3v) is 6.76. The zero-order valence-corrected chi connectivity index (χ0v) is 21.7. The van der Waals surface area contributed by atoms with Gasteiger partial charge >= 0.3 is 0 Å². The lowest BCUT2D eigenvalue weighted by Gasteiger charge is -2.17. The Morgan fingerprint density at radius 3 is 2.33 bits per heavy atom. The van der Waals surface area contributed by atoms with E-state index in [4.69, 9.17) is 14.5 Å². The van der Waals surface area contributed by atoms with Crippen LogP contribution in [0.25, 0.3) is 11.0 Å². The zero-order chi connectivity index (χ0) is 25.7. The molecule has 188 valence electrons. The molecule has 0 bridgehead atoms. The summed E-state index contributed by atoms with van der Waals surface area (Å²) >= 11 is 0. The van der Waals surface area contributed by atoms with Gasteiger partial charge in [-0.05, 0) is 60.2 Å². The van der Waals surface area contributed by atoms with Crippen molar-refractivity contribution < 1.29 is 14.3 Å². The average molecular weight is 486 g/mol. The molecular weight excluding hydrogens is 450 g/mol. The van der Waals surface area contributed by atoms with Gasteiger partial charge < -0.3 is 19.4 Å². The molecule has 6 nitrogen and oxygen atoms in total. The van der Waals surface area contributed by atoms with E-state index >= 15 is 0 Å². The second kappa shape index (κ2) is 11.3. The molecule has 4 aromatic rings. The van der Waals surface area contributed by atoms with Crippen molar-refractivity contribution in [3.8, 4) is 11.5 Å². The van der Waals surface area contributed by atoms with Crippen LogP contribution in [0.1, 0.15) is 61.7 Å². The Balaban J connectivity index is 1.54. The van der Waals surface area contributed by atoms with Crippen LogP contribution in [0, 0.1) is 0 Å². The molecule has 0 saturated heterocycles. The van der Waals surface area contributed by atoms with Gasteiger partial charge in [-0.25, -0.2) is 4.98 Å². The van der Waals surface area contributed by atoms with Gasteiger partial charge in [0.2, 0.25) is 5.91 Å². The number of nitrogens with zero attached hydrogens (tertiary/aromatic N) is 2. The number of hydrogen-bond acceptors (Lipinski definition) is 4. The molecule has 2 unspecified atom stereocenters. The molecule has 1 aromatic heterocycles. The molecule has 2 atom stereocenters. The number of aromatic nitrogens is 2. The Hall–Kier alpha value is -3.80. The molecule has 36 heavy (non-hydrogen) atoms. The SMILES string of the molecule is CCC(C)c1ccc(Cn2c(C(C)NC(=O)Cc3ccc(OC)c(OC)c3)nc3ccccc32)cc1. The Labute approximate surface area is 213 Å². The number of ether oxygens (including phenoxy) is 2. The van der Waals surface area contributed by atoms with Crippen molar-refractivity contribution >= 4 is 16.9 Å². The van der Waals surface area contributed by atoms with Gasteiger partial charge in [0.05, 0.1) is 37.7 Å². The van der Waals surface area contributed by atoms with E-state index in [2.05, 4.69) is 54.1 Å². The van der Waals surface area contributed by atoms with Crippen molar-refractivity contribution in [3.63, 3.8) is 0 Å². The number of fused-ring (bicyclic) bond motifs is 1. The number of imidazole rings is 1. The van der Waals surface area contributed by atoms with E-state index in [0.717, 1.165) is 28.8 Å². The number of hydrogen-bond donors (Lipinski definition) is 1. The molecule has 1 amide bonds. The second-order valence-electron chi connectivity index (χ2n) is 9.25. The first-order valence-electron chi connectivity index (χ1n) is 12.5. The lowest BCUT2D eigenvalue weighted by atomic mass is 9.97. The standard InChI is InChI=1S/C30H35N3O3/c1-6-20(2)24-14-11-22(12-15-24)19-33-26-10-8-7-9-25(26)32-30(33)21(3)31-29(34)18-23-13-16-27(35-4)28(17-23)36-5/h7-17,20-21H,6,18-19H2,1-5H3,(H,31,34). The lowest BCUT2D eigenvalue weighted by Crippen LogP contribution is -2.30. The van der Waals surface area contributed by atoms with Gasteiger partial charge in [-0.15, -0.1) is 0 Å². The Morgan fingerprint density at radius 2 is 1.64 bits per heavy atom. The monoisotopic (exact) mass is 485 g/mol. The fraction of sp³-hybridized carbons (Fsp3) is 0.333. The van der Waals surface area contributed by atoms with Gasteiger partial charge in [0.25, 0.3) is 0 Å². The number of carbonyl (C=O) groups excluding carboxylic acids is 1. The largest absolute Gasteiger partial charge is 0.493 e. The van der Waals surface area contributed by atoms with Crippen molar-refractivity contribution in [2.75, 3.05) is 14.2 Å². The summed E-state index contributed by atoms with van der Waals surface area (Å²) in [7, 11) is 3.18. The summed E-state index contributed by atoms with van der Waals surface area (Å²) in [5.41, 5.74) is 5.39. The van der Waals surface area contributed by atoms with Gasteiger partial charge in [-0.3, -0.25) is 4.79 Å². The van der Waals surface area contributed by atoms with Crippen LogP contribution in [0.4, 0.5) is 0 Å². The maximum Gasteiger partial charge on any atom is 0.224 e. The van der Waals surface area contributed by atoms with Crippen LogP contribution < -0.4 is 14.8 Å². The highest BCUT2D eigenvalue weighted by Crippen LogP contribution is 2.28. The summed E-state index contributed by atoms with van der Waals surface area (Å²) in [6.07, 6.45) is 1.36. The third-order valence-electron chi connectivity index (χ3n) is 6.76. The highest BCUT2D eigenvalue weighted by Gasteiger charge is 2.19. The van der Waals surface area contributed by atoms with Crippen LogP contribution >= 0.6 is 0 Å². The highest BCUT2D eigenvalue weighted by molar-refractivity contribution is 5.80. The fourth-order valence-electron chi connectivity index (χ4n) is 4.49. The van der Waals surface area contributed by atoms with Gasteiger partial charge in [-0.2, -0.15) is 0 Å². The molecule has 3 aromatic carbocycles. The average Bonchev–Trinajstić information content (AvgIpc) is 3.27. The summed E-state index contributed by atoms with van der Waals surface area (Å²) < 4.78 is 12.9. The number of methoxy groups -OCH3 is 2. The lowest BCUT2D eigenvalue weighted by molar-refractivity contribution is -0.121. The minimum Gasteiger partial charge on any atom is -0.493 e. The summed E-state index contributed by atoms with van der Waals surface area (Å²) in [6, 6.07) is 22.2. The number of carbonyl (C=O) groups is 1. The van der Waals surface area contributed by atoms with Crippen LogP contribution in [-0.2, 0) is 17.8 Å². The van der Waals surface area contributed by atoms with Crippen LogP contribution in [0.3, 0.4) is 0 Å². The first-order valence-corrected chi connectivity index (χ1v) is 12.5. The molecule has 0 saturated carbocycles. The topological polar surface area (TPSA) is 65.4 Å². The summed E-state index contributed by atoms with van der Waals surface area (Å²) in [5, 5.41) is 3.14.